The Kier molecular flexibility index (Phi) is 5.21. The first-order valence-corrected chi connectivity index (χ1v) is 9.96. The van der Waals surface area contributed by atoms with Crippen LogP contribution in [0.4, 0.5) is 5.69 Å². The zero-order valence-corrected chi connectivity index (χ0v) is 16.3. The van der Waals surface area contributed by atoms with E-state index in [2.05, 4.69) is 0 Å². The highest BCUT2D eigenvalue weighted by Gasteiger charge is 2.20. The third-order valence-electron chi connectivity index (χ3n) is 4.56. The lowest BCUT2D eigenvalue weighted by atomic mass is 10.1. The summed E-state index contributed by atoms with van der Waals surface area (Å²) in [4.78, 5) is 23.9. The van der Waals surface area contributed by atoms with Crippen molar-refractivity contribution >= 4 is 29.2 Å². The molecule has 9 heteroatoms. The van der Waals surface area contributed by atoms with Gasteiger partial charge < -0.3 is 9.15 Å². The molecule has 4 rings (SSSR count). The molecule has 3 heterocycles. The Labute approximate surface area is 169 Å². The fraction of sp³-hybridized carbons (Fsp3) is 0.263. The van der Waals surface area contributed by atoms with Crippen LogP contribution in [0.1, 0.15) is 12.8 Å². The van der Waals surface area contributed by atoms with E-state index in [1.807, 2.05) is 0 Å². The topological polar surface area (TPSA) is 87.5 Å². The lowest BCUT2D eigenvalue weighted by molar-refractivity contribution is -0.384. The highest BCUT2D eigenvalue weighted by molar-refractivity contribution is 7.73. The van der Waals surface area contributed by atoms with Crippen molar-refractivity contribution in [2.75, 3.05) is 6.61 Å². The SMILES string of the molecule is O=c1cc(-c2ccc(-c3ccccc3[N+](=O)[O-])o2)sc(=S)n1CC1CCCO1. The molecular formula is C19H16N2O5S2. The average Bonchev–Trinajstić information content (AvgIpc) is 3.36. The molecule has 0 saturated carbocycles. The van der Waals surface area contributed by atoms with E-state index < -0.39 is 4.92 Å². The van der Waals surface area contributed by atoms with Crippen molar-refractivity contribution in [2.45, 2.75) is 25.5 Å². The van der Waals surface area contributed by atoms with Crippen LogP contribution in [-0.2, 0) is 11.3 Å². The van der Waals surface area contributed by atoms with E-state index in [1.54, 1.807) is 34.9 Å². The summed E-state index contributed by atoms with van der Waals surface area (Å²) in [6.45, 7) is 1.17. The second-order valence-corrected chi connectivity index (χ2v) is 8.07. The summed E-state index contributed by atoms with van der Waals surface area (Å²) < 4.78 is 13.4. The first-order chi connectivity index (χ1) is 13.5. The number of nitro benzene ring substituents is 1. The number of aromatic nitrogens is 1. The van der Waals surface area contributed by atoms with E-state index in [9.17, 15) is 14.9 Å². The normalized spacial score (nSPS) is 16.4. The number of benzene rings is 1. The highest BCUT2D eigenvalue weighted by atomic mass is 32.1. The molecule has 2 aromatic heterocycles. The van der Waals surface area contributed by atoms with Crippen LogP contribution in [0.15, 0.2) is 51.7 Å². The maximum absolute atomic E-state index is 12.6. The maximum atomic E-state index is 12.6. The number of para-hydroxylation sites is 1. The summed E-state index contributed by atoms with van der Waals surface area (Å²) in [5.41, 5.74) is 0.134. The molecule has 0 radical (unpaired) electrons. The van der Waals surface area contributed by atoms with Crippen LogP contribution >= 0.6 is 23.6 Å². The third-order valence-corrected chi connectivity index (χ3v) is 5.97. The number of furan rings is 1. The zero-order valence-electron chi connectivity index (χ0n) is 14.7. The molecule has 144 valence electrons. The minimum atomic E-state index is -0.451. The molecule has 0 N–H and O–H groups in total. The van der Waals surface area contributed by atoms with Gasteiger partial charge in [-0.2, -0.15) is 0 Å². The molecule has 0 spiro atoms. The van der Waals surface area contributed by atoms with Gasteiger partial charge in [-0.3, -0.25) is 19.5 Å². The van der Waals surface area contributed by atoms with E-state index in [1.165, 1.54) is 23.5 Å². The fourth-order valence-corrected chi connectivity index (χ4v) is 4.46. The number of nitro groups is 1. The van der Waals surface area contributed by atoms with Crippen LogP contribution in [0, 0.1) is 14.1 Å². The minimum Gasteiger partial charge on any atom is -0.455 e. The van der Waals surface area contributed by atoms with Crippen LogP contribution in [0.5, 0.6) is 0 Å². The molecule has 0 bridgehead atoms. The Balaban J connectivity index is 1.67. The maximum Gasteiger partial charge on any atom is 0.280 e. The Morgan fingerprint density at radius 3 is 2.75 bits per heavy atom. The van der Waals surface area contributed by atoms with Gasteiger partial charge in [-0.15, -0.1) is 11.3 Å². The van der Waals surface area contributed by atoms with Gasteiger partial charge in [-0.25, -0.2) is 0 Å². The van der Waals surface area contributed by atoms with E-state index in [4.69, 9.17) is 21.4 Å². The van der Waals surface area contributed by atoms with Gasteiger partial charge in [0.05, 0.1) is 28.0 Å². The summed E-state index contributed by atoms with van der Waals surface area (Å²) in [5.74, 6) is 0.814. The van der Waals surface area contributed by atoms with Crippen LogP contribution in [0.2, 0.25) is 0 Å². The Morgan fingerprint density at radius 1 is 1.25 bits per heavy atom. The molecule has 1 unspecified atom stereocenters. The second kappa shape index (κ2) is 7.78. The van der Waals surface area contributed by atoms with Gasteiger partial charge >= 0.3 is 0 Å². The Morgan fingerprint density at radius 2 is 2.04 bits per heavy atom. The number of hydrogen-bond donors (Lipinski definition) is 0. The zero-order chi connectivity index (χ0) is 19.7. The number of rotatable bonds is 5. The average molecular weight is 416 g/mol. The lowest BCUT2D eigenvalue weighted by Gasteiger charge is -2.11. The molecule has 1 aliphatic heterocycles. The third kappa shape index (κ3) is 3.68. The summed E-state index contributed by atoms with van der Waals surface area (Å²) in [6, 6.07) is 11.2. The molecule has 1 saturated heterocycles. The van der Waals surface area contributed by atoms with Crippen molar-refractivity contribution < 1.29 is 14.1 Å². The van der Waals surface area contributed by atoms with Crippen molar-refractivity contribution in [3.8, 4) is 22.0 Å². The van der Waals surface area contributed by atoms with Crippen LogP contribution < -0.4 is 5.56 Å². The Bertz CT molecular complexity index is 1110. The van der Waals surface area contributed by atoms with Crippen LogP contribution in [0.3, 0.4) is 0 Å². The first-order valence-electron chi connectivity index (χ1n) is 8.73. The monoisotopic (exact) mass is 416 g/mol. The van der Waals surface area contributed by atoms with Gasteiger partial charge in [-0.05, 0) is 43.3 Å². The highest BCUT2D eigenvalue weighted by Crippen LogP contribution is 2.34. The standard InChI is InChI=1S/C19H16N2O5S2/c22-18-10-17(28-19(27)20(18)11-12-4-3-9-25-12)16-8-7-15(26-16)13-5-1-2-6-14(13)21(23)24/h1-2,5-8,10,12H,3-4,9,11H2. The molecule has 1 fully saturated rings. The Hall–Kier alpha value is -2.62. The van der Waals surface area contributed by atoms with Gasteiger partial charge in [0.25, 0.3) is 11.2 Å². The molecule has 1 aromatic carbocycles. The number of ether oxygens (including phenoxy) is 1. The van der Waals surface area contributed by atoms with Gasteiger partial charge in [-0.1, -0.05) is 12.1 Å². The molecule has 0 amide bonds. The molecule has 3 aromatic rings. The molecule has 1 atom stereocenters. The molecular weight excluding hydrogens is 400 g/mol. The number of nitrogens with zero attached hydrogens (tertiary/aromatic N) is 2. The van der Waals surface area contributed by atoms with Crippen molar-refractivity contribution in [3.05, 3.63) is 66.9 Å². The van der Waals surface area contributed by atoms with Gasteiger partial charge in [0.2, 0.25) is 0 Å². The van der Waals surface area contributed by atoms with Crippen molar-refractivity contribution in [2.24, 2.45) is 0 Å². The van der Waals surface area contributed by atoms with Gasteiger partial charge in [0.15, 0.2) is 3.95 Å². The smallest absolute Gasteiger partial charge is 0.280 e. The lowest BCUT2D eigenvalue weighted by Crippen LogP contribution is -2.25. The summed E-state index contributed by atoms with van der Waals surface area (Å²) >= 11 is 6.68. The predicted octanol–water partition coefficient (Wildman–Crippen LogP) is 4.65. The van der Waals surface area contributed by atoms with Crippen molar-refractivity contribution in [3.63, 3.8) is 0 Å². The predicted molar refractivity (Wildman–Crippen MR) is 108 cm³/mol. The van der Waals surface area contributed by atoms with Gasteiger partial charge in [0.1, 0.15) is 11.5 Å². The van der Waals surface area contributed by atoms with Gasteiger partial charge in [0, 0.05) is 18.7 Å². The van der Waals surface area contributed by atoms with E-state index >= 15 is 0 Å². The molecule has 7 nitrogen and oxygen atoms in total. The quantitative estimate of drug-likeness (QED) is 0.342. The van der Waals surface area contributed by atoms with E-state index in [-0.39, 0.29) is 17.4 Å². The van der Waals surface area contributed by atoms with Crippen LogP contribution in [-0.4, -0.2) is 22.2 Å². The van der Waals surface area contributed by atoms with E-state index in [0.29, 0.717) is 39.1 Å². The first kappa shape index (κ1) is 18.7. The van der Waals surface area contributed by atoms with Crippen molar-refractivity contribution in [1.82, 2.24) is 4.57 Å². The largest absolute Gasteiger partial charge is 0.455 e. The summed E-state index contributed by atoms with van der Waals surface area (Å²) in [6.07, 6.45) is 1.94. The summed E-state index contributed by atoms with van der Waals surface area (Å²) in [5, 5.41) is 11.2. The van der Waals surface area contributed by atoms with Crippen molar-refractivity contribution in [1.29, 1.82) is 0 Å². The number of hydrogen-bond acceptors (Lipinski definition) is 7. The minimum absolute atomic E-state index is 0.0197. The molecule has 28 heavy (non-hydrogen) atoms. The molecule has 1 aliphatic rings. The summed E-state index contributed by atoms with van der Waals surface area (Å²) in [7, 11) is 0. The van der Waals surface area contributed by atoms with E-state index in [0.717, 1.165) is 12.8 Å². The fourth-order valence-electron chi connectivity index (χ4n) is 3.19. The van der Waals surface area contributed by atoms with Crippen LogP contribution in [0.25, 0.3) is 22.0 Å². The second-order valence-electron chi connectivity index (χ2n) is 6.40. The molecule has 0 aliphatic carbocycles.